The highest BCUT2D eigenvalue weighted by Crippen LogP contribution is 2.45. The average molecular weight is 272 g/mol. The van der Waals surface area contributed by atoms with Gasteiger partial charge in [-0.15, -0.1) is 12.4 Å². The van der Waals surface area contributed by atoms with Crippen LogP contribution in [0.1, 0.15) is 24.0 Å². The van der Waals surface area contributed by atoms with E-state index in [9.17, 15) is 13.2 Å². The number of hydrogen-bond acceptors (Lipinski definition) is 1. The van der Waals surface area contributed by atoms with E-state index in [1.807, 2.05) is 0 Å². The third-order valence-electron chi connectivity index (χ3n) is 2.64. The Morgan fingerprint density at radius 2 is 1.81 bits per heavy atom. The fourth-order valence-electron chi connectivity index (χ4n) is 1.48. The monoisotopic (exact) mass is 271 g/mol. The van der Waals surface area contributed by atoms with Crippen LogP contribution >= 0.6 is 24.0 Å². The van der Waals surface area contributed by atoms with Gasteiger partial charge in [-0.2, -0.15) is 13.2 Å². The summed E-state index contributed by atoms with van der Waals surface area (Å²) < 4.78 is 37.5. The Hall–Kier alpha value is -0.450. The molecule has 0 bridgehead atoms. The lowest BCUT2D eigenvalue weighted by atomic mass is 10.0. The van der Waals surface area contributed by atoms with Gasteiger partial charge in [0.1, 0.15) is 0 Å². The summed E-state index contributed by atoms with van der Waals surface area (Å²) in [7, 11) is 0. The smallest absolute Gasteiger partial charge is 0.321 e. The van der Waals surface area contributed by atoms with Gasteiger partial charge < -0.3 is 5.73 Å². The molecular formula is C10H10Cl2F3N. The van der Waals surface area contributed by atoms with Crippen molar-refractivity contribution in [2.45, 2.75) is 24.6 Å². The second-order valence-corrected chi connectivity index (χ2v) is 4.26. The number of nitrogens with two attached hydrogens (primary N) is 1. The highest BCUT2D eigenvalue weighted by molar-refractivity contribution is 6.31. The van der Waals surface area contributed by atoms with E-state index in [0.29, 0.717) is 5.56 Å². The van der Waals surface area contributed by atoms with Crippen molar-refractivity contribution < 1.29 is 13.2 Å². The maximum Gasteiger partial charge on any atom is 0.417 e. The summed E-state index contributed by atoms with van der Waals surface area (Å²) in [5.41, 5.74) is 4.96. The van der Waals surface area contributed by atoms with E-state index in [4.69, 9.17) is 17.3 Å². The van der Waals surface area contributed by atoms with E-state index in [1.165, 1.54) is 6.07 Å². The predicted molar refractivity (Wildman–Crippen MR) is 58.8 cm³/mol. The van der Waals surface area contributed by atoms with Gasteiger partial charge in [0.2, 0.25) is 0 Å². The minimum Gasteiger partial charge on any atom is -0.321 e. The van der Waals surface area contributed by atoms with E-state index < -0.39 is 17.3 Å². The molecule has 0 unspecified atom stereocenters. The van der Waals surface area contributed by atoms with Crippen molar-refractivity contribution in [2.24, 2.45) is 5.73 Å². The molecule has 1 saturated carbocycles. The van der Waals surface area contributed by atoms with Crippen molar-refractivity contribution in [1.82, 2.24) is 0 Å². The van der Waals surface area contributed by atoms with Gasteiger partial charge in [-0.25, -0.2) is 0 Å². The normalized spacial score (nSPS) is 17.8. The molecule has 1 aliphatic rings. The van der Waals surface area contributed by atoms with Gasteiger partial charge >= 0.3 is 6.18 Å². The summed E-state index contributed by atoms with van der Waals surface area (Å²) in [5.74, 6) is 0. The predicted octanol–water partition coefficient (Wildman–Crippen LogP) is 3.73. The molecule has 1 fully saturated rings. The van der Waals surface area contributed by atoms with E-state index >= 15 is 0 Å². The molecular weight excluding hydrogens is 262 g/mol. The second-order valence-electron chi connectivity index (χ2n) is 3.85. The first kappa shape index (κ1) is 13.6. The third kappa shape index (κ3) is 2.44. The maximum atomic E-state index is 12.5. The standard InChI is InChI=1S/C10H9ClF3N.ClH/c11-8-2-1-6(9(15)3-4-9)5-7(8)10(12,13)14;/h1-2,5H,3-4,15H2;1H. The Kier molecular flexibility index (Phi) is 3.48. The first-order valence-electron chi connectivity index (χ1n) is 4.49. The van der Waals surface area contributed by atoms with Crippen LogP contribution in [0.25, 0.3) is 0 Å². The van der Waals surface area contributed by atoms with Crippen molar-refractivity contribution >= 4 is 24.0 Å². The Bertz CT molecular complexity index is 400. The Labute approximate surface area is 102 Å². The molecule has 2 N–H and O–H groups in total. The quantitative estimate of drug-likeness (QED) is 0.828. The molecule has 90 valence electrons. The van der Waals surface area contributed by atoms with E-state index in [2.05, 4.69) is 0 Å². The largest absolute Gasteiger partial charge is 0.417 e. The third-order valence-corrected chi connectivity index (χ3v) is 2.96. The molecule has 1 aromatic rings. The number of hydrogen-bond donors (Lipinski definition) is 1. The molecule has 0 heterocycles. The molecule has 0 amide bonds. The molecule has 0 aliphatic heterocycles. The Morgan fingerprint density at radius 1 is 1.25 bits per heavy atom. The number of benzene rings is 1. The fraction of sp³-hybridized carbons (Fsp3) is 0.400. The van der Waals surface area contributed by atoms with Crippen molar-refractivity contribution in [1.29, 1.82) is 0 Å². The average Bonchev–Trinajstić information content (AvgIpc) is 2.83. The van der Waals surface area contributed by atoms with Gasteiger partial charge in [0.15, 0.2) is 0 Å². The molecule has 16 heavy (non-hydrogen) atoms. The van der Waals surface area contributed by atoms with Gasteiger partial charge in [0.25, 0.3) is 0 Å². The van der Waals surface area contributed by atoms with Gasteiger partial charge in [-0.1, -0.05) is 17.7 Å². The van der Waals surface area contributed by atoms with Crippen LogP contribution in [0.5, 0.6) is 0 Å². The SMILES string of the molecule is Cl.NC1(c2ccc(Cl)c(C(F)(F)F)c2)CC1. The van der Waals surface area contributed by atoms with Crippen LogP contribution in [-0.4, -0.2) is 0 Å². The van der Waals surface area contributed by atoms with Gasteiger partial charge in [0, 0.05) is 5.54 Å². The lowest BCUT2D eigenvalue weighted by molar-refractivity contribution is -0.137. The molecule has 0 saturated heterocycles. The van der Waals surface area contributed by atoms with Crippen LogP contribution < -0.4 is 5.73 Å². The Balaban J connectivity index is 0.00000128. The molecule has 6 heteroatoms. The van der Waals surface area contributed by atoms with Crippen LogP contribution in [0.4, 0.5) is 13.2 Å². The second kappa shape index (κ2) is 4.09. The molecule has 1 aliphatic carbocycles. The maximum absolute atomic E-state index is 12.5. The molecule has 0 spiro atoms. The first-order chi connectivity index (χ1) is 6.83. The summed E-state index contributed by atoms with van der Waals surface area (Å²) in [6.07, 6.45) is -2.96. The van der Waals surface area contributed by atoms with Crippen molar-refractivity contribution in [3.05, 3.63) is 34.3 Å². The topological polar surface area (TPSA) is 26.0 Å². The fourth-order valence-corrected chi connectivity index (χ4v) is 1.70. The lowest BCUT2D eigenvalue weighted by Crippen LogP contribution is -2.19. The van der Waals surface area contributed by atoms with Crippen LogP contribution in [-0.2, 0) is 11.7 Å². The summed E-state index contributed by atoms with van der Waals surface area (Å²) in [6, 6.07) is 3.87. The van der Waals surface area contributed by atoms with Crippen molar-refractivity contribution in [3.63, 3.8) is 0 Å². The highest BCUT2D eigenvalue weighted by Gasteiger charge is 2.42. The van der Waals surface area contributed by atoms with Gasteiger partial charge in [-0.05, 0) is 30.5 Å². The zero-order valence-corrected chi connectivity index (χ0v) is 9.72. The summed E-state index contributed by atoms with van der Waals surface area (Å²) in [5, 5.41) is -0.282. The molecule has 0 aromatic heterocycles. The summed E-state index contributed by atoms with van der Waals surface area (Å²) in [4.78, 5) is 0. The van der Waals surface area contributed by atoms with Crippen molar-refractivity contribution in [2.75, 3.05) is 0 Å². The molecule has 0 atom stereocenters. The minimum atomic E-state index is -4.42. The lowest BCUT2D eigenvalue weighted by Gasteiger charge is -2.14. The minimum absolute atomic E-state index is 0. The van der Waals surface area contributed by atoms with Gasteiger partial charge in [0.05, 0.1) is 10.6 Å². The van der Waals surface area contributed by atoms with Crippen molar-refractivity contribution in [3.8, 4) is 0 Å². The molecule has 2 rings (SSSR count). The summed E-state index contributed by atoms with van der Waals surface area (Å²) in [6.45, 7) is 0. The molecule has 1 nitrogen and oxygen atoms in total. The van der Waals surface area contributed by atoms with E-state index in [1.54, 1.807) is 6.07 Å². The van der Waals surface area contributed by atoms with E-state index in [0.717, 1.165) is 18.9 Å². The highest BCUT2D eigenvalue weighted by atomic mass is 35.5. The van der Waals surface area contributed by atoms with Crippen LogP contribution in [0.3, 0.4) is 0 Å². The van der Waals surface area contributed by atoms with Crippen LogP contribution in [0.2, 0.25) is 5.02 Å². The zero-order valence-electron chi connectivity index (χ0n) is 8.14. The van der Waals surface area contributed by atoms with Crippen LogP contribution in [0.15, 0.2) is 18.2 Å². The number of halogens is 5. The zero-order chi connectivity index (χ0) is 11.3. The molecule has 1 aromatic carbocycles. The number of rotatable bonds is 1. The van der Waals surface area contributed by atoms with E-state index in [-0.39, 0.29) is 17.4 Å². The Morgan fingerprint density at radius 3 is 2.25 bits per heavy atom. The van der Waals surface area contributed by atoms with Crippen LogP contribution in [0, 0.1) is 0 Å². The number of alkyl halides is 3. The van der Waals surface area contributed by atoms with Gasteiger partial charge in [-0.3, -0.25) is 0 Å². The molecule has 0 radical (unpaired) electrons. The first-order valence-corrected chi connectivity index (χ1v) is 4.87. The summed E-state index contributed by atoms with van der Waals surface area (Å²) >= 11 is 5.49.